The molecule has 0 unspecified atom stereocenters. The van der Waals surface area contributed by atoms with Crippen molar-refractivity contribution in [1.29, 1.82) is 0 Å². The largest absolute Gasteiger partial charge is 0.382 e. The van der Waals surface area contributed by atoms with E-state index >= 15 is 0 Å². The van der Waals surface area contributed by atoms with Crippen LogP contribution in [0.4, 0.5) is 5.82 Å². The van der Waals surface area contributed by atoms with Crippen LogP contribution >= 0.6 is 0 Å². The molecule has 0 atom stereocenters. The lowest BCUT2D eigenvalue weighted by molar-refractivity contribution is 1.05. The van der Waals surface area contributed by atoms with Crippen LogP contribution in [-0.2, 0) is 0 Å². The first kappa shape index (κ1) is 8.69. The highest BCUT2D eigenvalue weighted by Crippen LogP contribution is 2.20. The van der Waals surface area contributed by atoms with Gasteiger partial charge in [0.05, 0.1) is 5.69 Å². The molecule has 0 bridgehead atoms. The minimum absolute atomic E-state index is 0.447. The number of nitrogen functional groups attached to an aromatic ring is 1. The van der Waals surface area contributed by atoms with Crippen LogP contribution in [0.1, 0.15) is 5.56 Å². The van der Waals surface area contributed by atoms with Crippen molar-refractivity contribution >= 4 is 5.82 Å². The van der Waals surface area contributed by atoms with Crippen molar-refractivity contribution in [2.75, 3.05) is 5.73 Å². The van der Waals surface area contributed by atoms with E-state index in [0.717, 1.165) is 11.3 Å². The van der Waals surface area contributed by atoms with Crippen LogP contribution < -0.4 is 5.73 Å². The Morgan fingerprint density at radius 1 is 1.00 bits per heavy atom. The number of benzene rings is 1. The number of hydrogen-bond acceptors (Lipinski definition) is 3. The van der Waals surface area contributed by atoms with Crippen molar-refractivity contribution in [1.82, 2.24) is 10.2 Å². The van der Waals surface area contributed by atoms with Crippen LogP contribution in [0, 0.1) is 6.92 Å². The van der Waals surface area contributed by atoms with E-state index in [1.807, 2.05) is 37.3 Å². The molecule has 0 aliphatic heterocycles. The Balaban J connectivity index is 2.50. The van der Waals surface area contributed by atoms with E-state index in [2.05, 4.69) is 10.2 Å². The van der Waals surface area contributed by atoms with Crippen LogP contribution in [0.2, 0.25) is 0 Å². The maximum atomic E-state index is 5.47. The van der Waals surface area contributed by atoms with Crippen molar-refractivity contribution in [2.24, 2.45) is 0 Å². The van der Waals surface area contributed by atoms with Gasteiger partial charge in [-0.1, -0.05) is 24.3 Å². The highest BCUT2D eigenvalue weighted by Gasteiger charge is 2.01. The predicted octanol–water partition coefficient (Wildman–Crippen LogP) is 2.03. The van der Waals surface area contributed by atoms with Gasteiger partial charge in [0.2, 0.25) is 0 Å². The summed E-state index contributed by atoms with van der Waals surface area (Å²) in [5.41, 5.74) is 8.61. The Labute approximate surface area is 82.6 Å². The molecular weight excluding hydrogens is 174 g/mol. The summed E-state index contributed by atoms with van der Waals surface area (Å²) in [4.78, 5) is 0. The summed E-state index contributed by atoms with van der Waals surface area (Å²) in [6.07, 6.45) is 0. The van der Waals surface area contributed by atoms with Gasteiger partial charge in [-0.25, -0.2) is 0 Å². The van der Waals surface area contributed by atoms with E-state index < -0.39 is 0 Å². The van der Waals surface area contributed by atoms with Gasteiger partial charge in [-0.3, -0.25) is 0 Å². The van der Waals surface area contributed by atoms with E-state index in [9.17, 15) is 0 Å². The first-order chi connectivity index (χ1) is 6.77. The summed E-state index contributed by atoms with van der Waals surface area (Å²) >= 11 is 0. The number of anilines is 1. The molecule has 0 spiro atoms. The molecule has 3 nitrogen and oxygen atoms in total. The molecule has 2 N–H and O–H groups in total. The number of aromatic nitrogens is 2. The van der Waals surface area contributed by atoms with Crippen molar-refractivity contribution < 1.29 is 0 Å². The van der Waals surface area contributed by atoms with Crippen LogP contribution in [0.15, 0.2) is 36.4 Å². The molecule has 2 rings (SSSR count). The summed E-state index contributed by atoms with van der Waals surface area (Å²) in [6.45, 7) is 2.05. The molecule has 1 heterocycles. The summed E-state index contributed by atoms with van der Waals surface area (Å²) in [6, 6.07) is 11.7. The molecule has 0 aliphatic rings. The van der Waals surface area contributed by atoms with Crippen LogP contribution in [-0.4, -0.2) is 10.2 Å². The second kappa shape index (κ2) is 3.46. The fourth-order valence-corrected chi connectivity index (χ4v) is 1.35. The van der Waals surface area contributed by atoms with Crippen molar-refractivity contribution in [3.63, 3.8) is 0 Å². The average molecular weight is 185 g/mol. The highest BCUT2D eigenvalue weighted by molar-refractivity contribution is 5.63. The van der Waals surface area contributed by atoms with Gasteiger partial charge < -0.3 is 5.73 Å². The average Bonchev–Trinajstić information content (AvgIpc) is 2.20. The first-order valence-electron chi connectivity index (χ1n) is 4.42. The summed E-state index contributed by atoms with van der Waals surface area (Å²) in [7, 11) is 0. The zero-order chi connectivity index (χ0) is 9.97. The van der Waals surface area contributed by atoms with E-state index in [0.29, 0.717) is 5.82 Å². The van der Waals surface area contributed by atoms with Crippen molar-refractivity contribution in [2.45, 2.75) is 6.92 Å². The van der Waals surface area contributed by atoms with Gasteiger partial charge in [0.15, 0.2) is 0 Å². The zero-order valence-corrected chi connectivity index (χ0v) is 7.94. The lowest BCUT2D eigenvalue weighted by Gasteiger charge is -2.03. The van der Waals surface area contributed by atoms with Crippen molar-refractivity contribution in [3.8, 4) is 11.3 Å². The highest BCUT2D eigenvalue weighted by atomic mass is 15.1. The van der Waals surface area contributed by atoms with E-state index in [1.165, 1.54) is 5.56 Å². The number of nitrogens with zero attached hydrogens (tertiary/aromatic N) is 2. The zero-order valence-electron chi connectivity index (χ0n) is 7.94. The molecule has 1 aromatic heterocycles. The number of nitrogens with two attached hydrogens (primary N) is 1. The Kier molecular flexibility index (Phi) is 2.14. The Bertz CT molecular complexity index is 435. The maximum absolute atomic E-state index is 5.47. The van der Waals surface area contributed by atoms with Gasteiger partial charge in [-0.05, 0) is 24.6 Å². The summed E-state index contributed by atoms with van der Waals surface area (Å²) < 4.78 is 0. The van der Waals surface area contributed by atoms with Crippen LogP contribution in [0.25, 0.3) is 11.3 Å². The lowest BCUT2D eigenvalue weighted by Crippen LogP contribution is -1.94. The van der Waals surface area contributed by atoms with Crippen molar-refractivity contribution in [3.05, 3.63) is 42.0 Å². The van der Waals surface area contributed by atoms with Crippen LogP contribution in [0.5, 0.6) is 0 Å². The number of hydrogen-bond donors (Lipinski definition) is 1. The third-order valence-corrected chi connectivity index (χ3v) is 2.11. The van der Waals surface area contributed by atoms with Gasteiger partial charge in [0.25, 0.3) is 0 Å². The fraction of sp³-hybridized carbons (Fsp3) is 0.0909. The lowest BCUT2D eigenvalue weighted by atomic mass is 10.1. The molecular formula is C11H11N3. The normalized spacial score (nSPS) is 10.1. The first-order valence-corrected chi connectivity index (χ1v) is 4.42. The molecule has 14 heavy (non-hydrogen) atoms. The van der Waals surface area contributed by atoms with Gasteiger partial charge in [0.1, 0.15) is 5.82 Å². The predicted molar refractivity (Wildman–Crippen MR) is 56.6 cm³/mol. The molecule has 0 saturated heterocycles. The minimum atomic E-state index is 0.447. The molecule has 1 aromatic carbocycles. The third kappa shape index (κ3) is 1.57. The summed E-state index contributed by atoms with van der Waals surface area (Å²) in [5, 5.41) is 7.86. The molecule has 0 aliphatic carbocycles. The van der Waals surface area contributed by atoms with Gasteiger partial charge in [-0.2, -0.15) is 0 Å². The second-order valence-corrected chi connectivity index (χ2v) is 3.16. The van der Waals surface area contributed by atoms with Gasteiger partial charge in [-0.15, -0.1) is 10.2 Å². The van der Waals surface area contributed by atoms with Gasteiger partial charge >= 0.3 is 0 Å². The standard InChI is InChI=1S/C11H11N3/c1-8-4-2-3-5-9(8)10-6-7-11(12)14-13-10/h2-7H,1H3,(H2,12,14). The Morgan fingerprint density at radius 3 is 2.43 bits per heavy atom. The second-order valence-electron chi connectivity index (χ2n) is 3.16. The maximum Gasteiger partial charge on any atom is 0.146 e. The molecule has 70 valence electrons. The smallest absolute Gasteiger partial charge is 0.146 e. The van der Waals surface area contributed by atoms with E-state index in [-0.39, 0.29) is 0 Å². The molecule has 0 amide bonds. The van der Waals surface area contributed by atoms with E-state index in [4.69, 9.17) is 5.73 Å². The Hall–Kier alpha value is -1.90. The summed E-state index contributed by atoms with van der Waals surface area (Å²) in [5.74, 6) is 0.447. The topological polar surface area (TPSA) is 51.8 Å². The molecule has 0 saturated carbocycles. The molecule has 0 radical (unpaired) electrons. The minimum Gasteiger partial charge on any atom is -0.382 e. The molecule has 3 heteroatoms. The monoisotopic (exact) mass is 185 g/mol. The fourth-order valence-electron chi connectivity index (χ4n) is 1.35. The number of aryl methyl sites for hydroxylation is 1. The molecule has 0 fully saturated rings. The number of rotatable bonds is 1. The molecule has 2 aromatic rings. The van der Waals surface area contributed by atoms with E-state index in [1.54, 1.807) is 6.07 Å². The third-order valence-electron chi connectivity index (χ3n) is 2.11. The SMILES string of the molecule is Cc1ccccc1-c1ccc(N)nn1. The Morgan fingerprint density at radius 2 is 1.79 bits per heavy atom. The van der Waals surface area contributed by atoms with Gasteiger partial charge in [0, 0.05) is 5.56 Å². The quantitative estimate of drug-likeness (QED) is 0.739. The van der Waals surface area contributed by atoms with Crippen LogP contribution in [0.3, 0.4) is 0 Å².